The standard InChI is InChI=1S/C21H23N3O2S2/c1-15-16(13-24-7-10-27-11-8-24)4-2-5-18(15)23-20(25)12-17-14-26-21(22-17)19-6-3-9-28-19/h2-6,9,14H,7-8,10-13H2,1H3,(H,23,25). The maximum absolute atomic E-state index is 12.5. The van der Waals surface area contributed by atoms with Crippen molar-refractivity contribution in [1.82, 2.24) is 9.88 Å². The predicted octanol–water partition coefficient (Wildman–Crippen LogP) is 4.44. The van der Waals surface area contributed by atoms with Crippen molar-refractivity contribution in [3.05, 3.63) is 58.8 Å². The van der Waals surface area contributed by atoms with Crippen molar-refractivity contribution < 1.29 is 9.21 Å². The zero-order chi connectivity index (χ0) is 19.3. The fourth-order valence-electron chi connectivity index (χ4n) is 3.25. The molecule has 5 nitrogen and oxygen atoms in total. The Balaban J connectivity index is 1.39. The van der Waals surface area contributed by atoms with Gasteiger partial charge in [-0.25, -0.2) is 4.98 Å². The number of amides is 1. The van der Waals surface area contributed by atoms with Crippen molar-refractivity contribution >= 4 is 34.7 Å². The third-order valence-electron chi connectivity index (χ3n) is 4.84. The summed E-state index contributed by atoms with van der Waals surface area (Å²) in [7, 11) is 0. The van der Waals surface area contributed by atoms with Crippen LogP contribution >= 0.6 is 23.1 Å². The van der Waals surface area contributed by atoms with Crippen LogP contribution in [0.1, 0.15) is 16.8 Å². The normalized spacial score (nSPS) is 14.9. The minimum Gasteiger partial charge on any atom is -0.444 e. The highest BCUT2D eigenvalue weighted by Gasteiger charge is 2.15. The van der Waals surface area contributed by atoms with Gasteiger partial charge in [-0.3, -0.25) is 9.69 Å². The molecular formula is C21H23N3O2S2. The van der Waals surface area contributed by atoms with Gasteiger partial charge in [0.05, 0.1) is 17.0 Å². The lowest BCUT2D eigenvalue weighted by atomic mass is 10.1. The monoisotopic (exact) mass is 413 g/mol. The molecule has 146 valence electrons. The Bertz CT molecular complexity index is 931. The molecule has 1 saturated heterocycles. The number of benzene rings is 1. The minimum atomic E-state index is -0.0827. The topological polar surface area (TPSA) is 58.4 Å². The number of anilines is 1. The molecule has 0 spiro atoms. The lowest BCUT2D eigenvalue weighted by molar-refractivity contribution is -0.115. The van der Waals surface area contributed by atoms with E-state index in [0.717, 1.165) is 35.8 Å². The van der Waals surface area contributed by atoms with Crippen molar-refractivity contribution in [2.24, 2.45) is 0 Å². The molecule has 0 aliphatic carbocycles. The molecule has 0 bridgehead atoms. The molecule has 1 aliphatic heterocycles. The molecule has 1 aliphatic rings. The van der Waals surface area contributed by atoms with Gasteiger partial charge in [-0.2, -0.15) is 11.8 Å². The maximum Gasteiger partial charge on any atom is 0.236 e. The first-order chi connectivity index (χ1) is 13.7. The van der Waals surface area contributed by atoms with Gasteiger partial charge in [-0.15, -0.1) is 11.3 Å². The summed E-state index contributed by atoms with van der Waals surface area (Å²) in [5, 5.41) is 5.02. The summed E-state index contributed by atoms with van der Waals surface area (Å²) in [5.74, 6) is 2.87. The second-order valence-corrected chi connectivity index (χ2v) is 9.00. The SMILES string of the molecule is Cc1c(CN2CCSCC2)cccc1NC(=O)Cc1coc(-c2cccs2)n1. The summed E-state index contributed by atoms with van der Waals surface area (Å²) >= 11 is 3.58. The summed E-state index contributed by atoms with van der Waals surface area (Å²) in [6, 6.07) is 10.0. The van der Waals surface area contributed by atoms with Crippen molar-refractivity contribution in [3.63, 3.8) is 0 Å². The second-order valence-electron chi connectivity index (χ2n) is 6.82. The summed E-state index contributed by atoms with van der Waals surface area (Å²) < 4.78 is 5.50. The van der Waals surface area contributed by atoms with Crippen LogP contribution in [0.3, 0.4) is 0 Å². The Morgan fingerprint density at radius 3 is 2.89 bits per heavy atom. The van der Waals surface area contributed by atoms with Crippen LogP contribution in [0.4, 0.5) is 5.69 Å². The van der Waals surface area contributed by atoms with Gasteiger partial charge >= 0.3 is 0 Å². The largest absolute Gasteiger partial charge is 0.444 e. The number of thioether (sulfide) groups is 1. The molecular weight excluding hydrogens is 390 g/mol. The molecule has 0 saturated carbocycles. The van der Waals surface area contributed by atoms with Crippen molar-refractivity contribution in [2.75, 3.05) is 29.9 Å². The fraction of sp³-hybridized carbons (Fsp3) is 0.333. The molecule has 0 atom stereocenters. The highest BCUT2D eigenvalue weighted by Crippen LogP contribution is 2.25. The van der Waals surface area contributed by atoms with Gasteiger partial charge in [0.2, 0.25) is 11.8 Å². The summed E-state index contributed by atoms with van der Waals surface area (Å²) in [4.78, 5) is 20.4. The van der Waals surface area contributed by atoms with E-state index in [4.69, 9.17) is 4.42 Å². The Morgan fingerprint density at radius 2 is 2.11 bits per heavy atom. The van der Waals surface area contributed by atoms with E-state index >= 15 is 0 Å². The van der Waals surface area contributed by atoms with Gasteiger partial charge in [-0.1, -0.05) is 18.2 Å². The van der Waals surface area contributed by atoms with Gasteiger partial charge < -0.3 is 9.73 Å². The summed E-state index contributed by atoms with van der Waals surface area (Å²) in [6.07, 6.45) is 1.76. The maximum atomic E-state index is 12.5. The molecule has 1 N–H and O–H groups in total. The van der Waals surface area contributed by atoms with Crippen LogP contribution in [-0.4, -0.2) is 40.4 Å². The predicted molar refractivity (Wildman–Crippen MR) is 116 cm³/mol. The molecule has 3 aromatic rings. The third kappa shape index (κ3) is 4.66. The quantitative estimate of drug-likeness (QED) is 0.647. The Labute approximate surface area is 173 Å². The van der Waals surface area contributed by atoms with Crippen LogP contribution < -0.4 is 5.32 Å². The van der Waals surface area contributed by atoms with E-state index in [-0.39, 0.29) is 12.3 Å². The number of nitrogens with zero attached hydrogens (tertiary/aromatic N) is 2. The number of hydrogen-bond acceptors (Lipinski definition) is 6. The van der Waals surface area contributed by atoms with Crippen LogP contribution in [0, 0.1) is 6.92 Å². The van der Waals surface area contributed by atoms with E-state index in [0.29, 0.717) is 11.6 Å². The molecule has 1 aromatic carbocycles. The Kier molecular flexibility index (Phi) is 6.14. The third-order valence-corrected chi connectivity index (χ3v) is 6.64. The molecule has 3 heterocycles. The number of carbonyl (C=O) groups excluding carboxylic acids is 1. The van der Waals surface area contributed by atoms with Gasteiger partial charge in [0.1, 0.15) is 6.26 Å². The average molecular weight is 414 g/mol. The number of hydrogen-bond donors (Lipinski definition) is 1. The van der Waals surface area contributed by atoms with Gasteiger partial charge in [0, 0.05) is 36.8 Å². The molecule has 1 amide bonds. The molecule has 4 rings (SSSR count). The van der Waals surface area contributed by atoms with Crippen molar-refractivity contribution in [2.45, 2.75) is 19.9 Å². The number of oxazole rings is 1. The highest BCUT2D eigenvalue weighted by atomic mass is 32.2. The first kappa shape index (κ1) is 19.2. The van der Waals surface area contributed by atoms with Crippen LogP contribution in [0.25, 0.3) is 10.8 Å². The van der Waals surface area contributed by atoms with Gasteiger partial charge in [0.15, 0.2) is 0 Å². The van der Waals surface area contributed by atoms with Crippen LogP contribution in [-0.2, 0) is 17.8 Å². The number of carbonyl (C=O) groups is 1. The average Bonchev–Trinajstić information content (AvgIpc) is 3.37. The first-order valence-corrected chi connectivity index (χ1v) is 11.4. The number of nitrogens with one attached hydrogen (secondary N) is 1. The smallest absolute Gasteiger partial charge is 0.236 e. The van der Waals surface area contributed by atoms with E-state index in [2.05, 4.69) is 28.2 Å². The minimum absolute atomic E-state index is 0.0827. The fourth-order valence-corrected chi connectivity index (χ4v) is 4.89. The van der Waals surface area contributed by atoms with Crippen molar-refractivity contribution in [1.29, 1.82) is 0 Å². The van der Waals surface area contributed by atoms with Gasteiger partial charge in [0.25, 0.3) is 0 Å². The molecule has 1 fully saturated rings. The van der Waals surface area contributed by atoms with E-state index in [9.17, 15) is 4.79 Å². The van der Waals surface area contributed by atoms with Gasteiger partial charge in [-0.05, 0) is 35.6 Å². The lowest BCUT2D eigenvalue weighted by Crippen LogP contribution is -2.32. The van der Waals surface area contributed by atoms with Crippen LogP contribution in [0.15, 0.2) is 46.4 Å². The molecule has 2 aromatic heterocycles. The number of rotatable bonds is 6. The molecule has 0 unspecified atom stereocenters. The lowest BCUT2D eigenvalue weighted by Gasteiger charge is -2.27. The van der Waals surface area contributed by atoms with E-state index in [1.165, 1.54) is 17.1 Å². The highest BCUT2D eigenvalue weighted by molar-refractivity contribution is 7.99. The Morgan fingerprint density at radius 1 is 1.25 bits per heavy atom. The first-order valence-electron chi connectivity index (χ1n) is 9.36. The number of thiophene rings is 1. The zero-order valence-corrected chi connectivity index (χ0v) is 17.4. The van der Waals surface area contributed by atoms with Crippen LogP contribution in [0.5, 0.6) is 0 Å². The Hall–Kier alpha value is -2.09. The van der Waals surface area contributed by atoms with Crippen molar-refractivity contribution in [3.8, 4) is 10.8 Å². The molecule has 28 heavy (non-hydrogen) atoms. The van der Waals surface area contributed by atoms with E-state index < -0.39 is 0 Å². The van der Waals surface area contributed by atoms with E-state index in [1.54, 1.807) is 17.6 Å². The second kappa shape index (κ2) is 8.94. The zero-order valence-electron chi connectivity index (χ0n) is 15.8. The van der Waals surface area contributed by atoms with E-state index in [1.807, 2.05) is 41.4 Å². The summed E-state index contributed by atoms with van der Waals surface area (Å²) in [6.45, 7) is 5.26. The number of aromatic nitrogens is 1. The molecule has 0 radical (unpaired) electrons. The molecule has 7 heteroatoms. The summed E-state index contributed by atoms with van der Waals surface area (Å²) in [5.41, 5.74) is 3.91. The van der Waals surface area contributed by atoms with Crippen LogP contribution in [0.2, 0.25) is 0 Å².